The smallest absolute Gasteiger partial charge is 0.332 e. The van der Waals surface area contributed by atoms with Crippen molar-refractivity contribution in [2.45, 2.75) is 31.2 Å². The topological polar surface area (TPSA) is 38.3 Å². The van der Waals surface area contributed by atoms with Crippen molar-refractivity contribution in [2.75, 3.05) is 11.9 Å². The summed E-state index contributed by atoms with van der Waals surface area (Å²) in [5.41, 5.74) is 1.90. The first-order valence-corrected chi connectivity index (χ1v) is 5.82. The van der Waals surface area contributed by atoms with Crippen molar-refractivity contribution in [3.63, 3.8) is 0 Å². The molecule has 1 aliphatic carbocycles. The van der Waals surface area contributed by atoms with E-state index < -0.39 is 5.54 Å². The van der Waals surface area contributed by atoms with Gasteiger partial charge >= 0.3 is 5.97 Å². The summed E-state index contributed by atoms with van der Waals surface area (Å²) in [7, 11) is 0. The summed E-state index contributed by atoms with van der Waals surface area (Å²) in [4.78, 5) is 12.0. The van der Waals surface area contributed by atoms with Crippen LogP contribution in [0.5, 0.6) is 0 Å². The minimum absolute atomic E-state index is 0.0950. The van der Waals surface area contributed by atoms with E-state index in [9.17, 15) is 4.79 Å². The zero-order valence-electron chi connectivity index (χ0n) is 9.32. The van der Waals surface area contributed by atoms with Crippen molar-refractivity contribution in [3.8, 4) is 0 Å². The molecule has 0 aromatic heterocycles. The summed E-state index contributed by atoms with van der Waals surface area (Å²) < 4.78 is 5.18. The van der Waals surface area contributed by atoms with Crippen LogP contribution in [0.3, 0.4) is 0 Å². The van der Waals surface area contributed by atoms with Gasteiger partial charge in [0.15, 0.2) is 0 Å². The second kappa shape index (κ2) is 3.24. The van der Waals surface area contributed by atoms with Crippen LogP contribution in [0.25, 0.3) is 0 Å². The van der Waals surface area contributed by atoms with Crippen molar-refractivity contribution in [3.05, 3.63) is 29.8 Å². The lowest BCUT2D eigenvalue weighted by Crippen LogP contribution is -2.55. The normalized spacial score (nSPS) is 29.7. The second-order valence-corrected chi connectivity index (χ2v) is 4.50. The average Bonchev–Trinajstić information content (AvgIpc) is 2.48. The monoisotopic (exact) mass is 217 g/mol. The van der Waals surface area contributed by atoms with Crippen LogP contribution < -0.4 is 5.32 Å². The summed E-state index contributed by atoms with van der Waals surface area (Å²) in [5.74, 6) is 0.213. The van der Waals surface area contributed by atoms with Crippen molar-refractivity contribution >= 4 is 11.7 Å². The van der Waals surface area contributed by atoms with E-state index in [0.717, 1.165) is 18.5 Å². The zero-order valence-corrected chi connectivity index (χ0v) is 9.32. The van der Waals surface area contributed by atoms with Crippen LogP contribution >= 0.6 is 0 Å². The van der Waals surface area contributed by atoms with Gasteiger partial charge in [0, 0.05) is 11.6 Å². The van der Waals surface area contributed by atoms with E-state index in [1.54, 1.807) is 0 Å². The summed E-state index contributed by atoms with van der Waals surface area (Å²) in [5, 5.41) is 3.36. The van der Waals surface area contributed by atoms with Gasteiger partial charge in [-0.1, -0.05) is 18.2 Å². The molecular weight excluding hydrogens is 202 g/mol. The molecule has 3 nitrogen and oxygen atoms in total. The number of ether oxygens (including phenoxy) is 1. The highest BCUT2D eigenvalue weighted by atomic mass is 16.5. The molecule has 1 heterocycles. The molecule has 0 spiro atoms. The van der Waals surface area contributed by atoms with Crippen LogP contribution in [0.2, 0.25) is 0 Å². The Hall–Kier alpha value is -1.51. The third-order valence-electron chi connectivity index (χ3n) is 3.76. The molecule has 1 N–H and O–H groups in total. The Morgan fingerprint density at radius 1 is 1.56 bits per heavy atom. The molecule has 3 rings (SSSR count). The standard InChI is InChI=1S/C13H15NO2/c1-2-16-12(15)13-8-7-10(13)9-5-3-4-6-11(9)14-13/h3-6,10,14H,2,7-8H2,1H3. The molecule has 2 unspecified atom stereocenters. The molecule has 1 aromatic carbocycles. The van der Waals surface area contributed by atoms with Crippen LogP contribution in [0, 0.1) is 0 Å². The Bertz CT molecular complexity index is 443. The highest BCUT2D eigenvalue weighted by Gasteiger charge is 2.58. The Balaban J connectivity index is 1.95. The highest BCUT2D eigenvalue weighted by Crippen LogP contribution is 2.55. The fourth-order valence-electron chi connectivity index (χ4n) is 2.86. The molecule has 2 atom stereocenters. The fourth-order valence-corrected chi connectivity index (χ4v) is 2.86. The molecule has 2 aliphatic rings. The summed E-state index contributed by atoms with van der Waals surface area (Å²) in [6, 6.07) is 8.16. The number of benzene rings is 1. The lowest BCUT2D eigenvalue weighted by atomic mass is 9.66. The van der Waals surface area contributed by atoms with E-state index in [1.807, 2.05) is 25.1 Å². The predicted molar refractivity (Wildman–Crippen MR) is 61.4 cm³/mol. The number of para-hydroxylation sites is 1. The average molecular weight is 217 g/mol. The summed E-state index contributed by atoms with van der Waals surface area (Å²) >= 11 is 0. The largest absolute Gasteiger partial charge is 0.464 e. The van der Waals surface area contributed by atoms with Crippen LogP contribution in [0.1, 0.15) is 31.2 Å². The number of anilines is 1. The Morgan fingerprint density at radius 2 is 2.38 bits per heavy atom. The lowest BCUT2D eigenvalue weighted by Gasteiger charge is -2.42. The molecule has 1 aromatic rings. The van der Waals surface area contributed by atoms with Crippen LogP contribution in [-0.2, 0) is 9.53 Å². The quantitative estimate of drug-likeness (QED) is 0.772. The first-order chi connectivity index (χ1) is 7.78. The van der Waals surface area contributed by atoms with Gasteiger partial charge in [-0.05, 0) is 31.4 Å². The van der Waals surface area contributed by atoms with Gasteiger partial charge in [0.1, 0.15) is 5.54 Å². The van der Waals surface area contributed by atoms with Crippen molar-refractivity contribution < 1.29 is 9.53 Å². The molecular formula is C13H15NO2. The third-order valence-corrected chi connectivity index (χ3v) is 3.76. The predicted octanol–water partition coefficient (Wildman–Crippen LogP) is 2.29. The SMILES string of the molecule is CCOC(=O)C12CCC1c1ccccc1N2. The molecule has 1 aliphatic heterocycles. The Morgan fingerprint density at radius 3 is 3.06 bits per heavy atom. The Labute approximate surface area is 94.8 Å². The van der Waals surface area contributed by atoms with E-state index in [4.69, 9.17) is 4.74 Å². The summed E-state index contributed by atoms with van der Waals surface area (Å²) in [6.07, 6.45) is 1.95. The molecule has 0 radical (unpaired) electrons. The van der Waals surface area contributed by atoms with Crippen LogP contribution in [0.15, 0.2) is 24.3 Å². The van der Waals surface area contributed by atoms with Gasteiger partial charge in [-0.2, -0.15) is 0 Å². The van der Waals surface area contributed by atoms with Gasteiger partial charge in [-0.3, -0.25) is 0 Å². The maximum Gasteiger partial charge on any atom is 0.332 e. The highest BCUT2D eigenvalue weighted by molar-refractivity contribution is 5.91. The van der Waals surface area contributed by atoms with E-state index >= 15 is 0 Å². The van der Waals surface area contributed by atoms with E-state index in [1.165, 1.54) is 5.56 Å². The Kier molecular flexibility index (Phi) is 1.96. The minimum atomic E-state index is -0.459. The van der Waals surface area contributed by atoms with Crippen LogP contribution in [0.4, 0.5) is 5.69 Å². The molecule has 0 saturated heterocycles. The molecule has 3 heteroatoms. The molecule has 0 amide bonds. The molecule has 84 valence electrons. The second-order valence-electron chi connectivity index (χ2n) is 4.50. The number of carbonyl (C=O) groups is 1. The molecule has 1 fully saturated rings. The zero-order chi connectivity index (χ0) is 11.2. The third kappa shape index (κ3) is 1.06. The number of carbonyl (C=O) groups excluding carboxylic acids is 1. The summed E-state index contributed by atoms with van der Waals surface area (Å²) in [6.45, 7) is 2.30. The fraction of sp³-hybridized carbons (Fsp3) is 0.462. The van der Waals surface area contributed by atoms with E-state index in [2.05, 4.69) is 11.4 Å². The number of esters is 1. The van der Waals surface area contributed by atoms with E-state index in [-0.39, 0.29) is 5.97 Å². The van der Waals surface area contributed by atoms with Gasteiger partial charge in [0.05, 0.1) is 6.61 Å². The first kappa shape index (κ1) is 9.70. The van der Waals surface area contributed by atoms with Gasteiger partial charge < -0.3 is 10.1 Å². The maximum atomic E-state index is 12.0. The van der Waals surface area contributed by atoms with Crippen molar-refractivity contribution in [2.24, 2.45) is 0 Å². The number of hydrogen-bond acceptors (Lipinski definition) is 3. The number of fused-ring (bicyclic) bond motifs is 3. The first-order valence-electron chi connectivity index (χ1n) is 5.82. The molecule has 16 heavy (non-hydrogen) atoms. The number of hydrogen-bond donors (Lipinski definition) is 1. The van der Waals surface area contributed by atoms with Crippen molar-refractivity contribution in [1.82, 2.24) is 0 Å². The van der Waals surface area contributed by atoms with Gasteiger partial charge in [-0.15, -0.1) is 0 Å². The van der Waals surface area contributed by atoms with Crippen LogP contribution in [-0.4, -0.2) is 18.1 Å². The maximum absolute atomic E-state index is 12.0. The van der Waals surface area contributed by atoms with Crippen molar-refractivity contribution in [1.29, 1.82) is 0 Å². The molecule has 1 saturated carbocycles. The number of nitrogens with one attached hydrogen (secondary N) is 1. The van der Waals surface area contributed by atoms with Gasteiger partial charge in [0.25, 0.3) is 0 Å². The number of rotatable bonds is 2. The van der Waals surface area contributed by atoms with Gasteiger partial charge in [-0.25, -0.2) is 4.79 Å². The van der Waals surface area contributed by atoms with Gasteiger partial charge in [0.2, 0.25) is 0 Å². The minimum Gasteiger partial charge on any atom is -0.464 e. The van der Waals surface area contributed by atoms with E-state index in [0.29, 0.717) is 12.5 Å². The lowest BCUT2D eigenvalue weighted by molar-refractivity contribution is -0.152. The molecule has 0 bridgehead atoms.